The van der Waals surface area contributed by atoms with Crippen LogP contribution in [0.4, 0.5) is 0 Å². The van der Waals surface area contributed by atoms with Gasteiger partial charge in [-0.2, -0.15) is 0 Å². The molecule has 1 aliphatic heterocycles. The minimum absolute atomic E-state index is 0.0523. The molecule has 0 bridgehead atoms. The van der Waals surface area contributed by atoms with Crippen LogP contribution >= 0.6 is 0 Å². The third-order valence-corrected chi connectivity index (χ3v) is 1.40. The molecule has 3 nitrogen and oxygen atoms in total. The number of hydrogen-bond donors (Lipinski definition) is 2. The predicted molar refractivity (Wildman–Crippen MR) is 31.1 cm³/mol. The Morgan fingerprint density at radius 2 is 2.25 bits per heavy atom. The molecule has 3 heteroatoms. The van der Waals surface area contributed by atoms with Crippen molar-refractivity contribution in [3.05, 3.63) is 0 Å². The van der Waals surface area contributed by atoms with E-state index in [0.717, 1.165) is 12.8 Å². The molecular formula is C5H12N2O. The predicted octanol–water partition coefficient (Wildman–Crippen LogP) is -0.591. The maximum Gasteiger partial charge on any atom is 0.106 e. The van der Waals surface area contributed by atoms with Crippen molar-refractivity contribution >= 4 is 0 Å². The minimum atomic E-state index is -0.0523. The van der Waals surface area contributed by atoms with Crippen LogP contribution in [0.1, 0.15) is 12.8 Å². The highest BCUT2D eigenvalue weighted by Gasteiger charge is 2.19. The summed E-state index contributed by atoms with van der Waals surface area (Å²) >= 11 is 0. The van der Waals surface area contributed by atoms with E-state index in [-0.39, 0.29) is 12.3 Å². The van der Waals surface area contributed by atoms with Crippen molar-refractivity contribution in [2.45, 2.75) is 25.2 Å². The van der Waals surface area contributed by atoms with Gasteiger partial charge in [-0.1, -0.05) is 0 Å². The summed E-state index contributed by atoms with van der Waals surface area (Å²) in [7, 11) is 0. The first kappa shape index (κ1) is 6.01. The fourth-order valence-corrected chi connectivity index (χ4v) is 0.907. The quantitative estimate of drug-likeness (QED) is 0.481. The van der Waals surface area contributed by atoms with E-state index in [9.17, 15) is 0 Å². The lowest BCUT2D eigenvalue weighted by Gasteiger charge is -2.05. The van der Waals surface area contributed by atoms with Crippen LogP contribution in [-0.2, 0) is 4.74 Å². The molecule has 0 aromatic carbocycles. The summed E-state index contributed by atoms with van der Waals surface area (Å²) in [4.78, 5) is 0. The standard InChI is InChI=1S/C5H12N2O/c6-3-4-1-2-5(7)8-4/h4-5H,1-3,6-7H2. The van der Waals surface area contributed by atoms with Gasteiger partial charge in [0, 0.05) is 6.54 Å². The van der Waals surface area contributed by atoms with Crippen molar-refractivity contribution in [3.63, 3.8) is 0 Å². The van der Waals surface area contributed by atoms with Crippen LogP contribution in [0.2, 0.25) is 0 Å². The molecule has 1 heterocycles. The van der Waals surface area contributed by atoms with E-state index < -0.39 is 0 Å². The molecule has 1 saturated heterocycles. The molecule has 0 radical (unpaired) electrons. The number of rotatable bonds is 1. The normalized spacial score (nSPS) is 38.2. The molecule has 0 saturated carbocycles. The molecule has 48 valence electrons. The zero-order valence-electron chi connectivity index (χ0n) is 4.84. The van der Waals surface area contributed by atoms with Crippen LogP contribution in [0, 0.1) is 0 Å². The van der Waals surface area contributed by atoms with Gasteiger partial charge < -0.3 is 16.2 Å². The van der Waals surface area contributed by atoms with Gasteiger partial charge >= 0.3 is 0 Å². The molecule has 1 fully saturated rings. The molecule has 2 unspecified atom stereocenters. The molecular weight excluding hydrogens is 104 g/mol. The second kappa shape index (κ2) is 2.44. The highest BCUT2D eigenvalue weighted by Crippen LogP contribution is 2.13. The summed E-state index contributed by atoms with van der Waals surface area (Å²) in [5.74, 6) is 0. The van der Waals surface area contributed by atoms with Gasteiger partial charge in [0.25, 0.3) is 0 Å². The molecule has 1 rings (SSSR count). The van der Waals surface area contributed by atoms with Gasteiger partial charge in [0.1, 0.15) is 6.23 Å². The zero-order chi connectivity index (χ0) is 5.98. The van der Waals surface area contributed by atoms with E-state index in [1.807, 2.05) is 0 Å². The van der Waals surface area contributed by atoms with Gasteiger partial charge in [-0.05, 0) is 12.8 Å². The van der Waals surface area contributed by atoms with Crippen molar-refractivity contribution in [1.82, 2.24) is 0 Å². The fourth-order valence-electron chi connectivity index (χ4n) is 0.907. The Bertz CT molecular complexity index is 76.8. The Kier molecular flexibility index (Phi) is 1.83. The fraction of sp³-hybridized carbons (Fsp3) is 1.00. The van der Waals surface area contributed by atoms with Gasteiger partial charge in [0.2, 0.25) is 0 Å². The molecule has 2 atom stereocenters. The Labute approximate surface area is 49.0 Å². The first-order chi connectivity index (χ1) is 3.83. The van der Waals surface area contributed by atoms with Crippen molar-refractivity contribution < 1.29 is 4.74 Å². The van der Waals surface area contributed by atoms with Crippen LogP contribution in [0.3, 0.4) is 0 Å². The van der Waals surface area contributed by atoms with E-state index in [2.05, 4.69) is 0 Å². The first-order valence-electron chi connectivity index (χ1n) is 2.94. The maximum absolute atomic E-state index is 5.42. The zero-order valence-corrected chi connectivity index (χ0v) is 4.84. The minimum Gasteiger partial charge on any atom is -0.359 e. The van der Waals surface area contributed by atoms with Crippen LogP contribution in [-0.4, -0.2) is 18.9 Å². The Morgan fingerprint density at radius 1 is 1.50 bits per heavy atom. The lowest BCUT2D eigenvalue weighted by Crippen LogP contribution is -2.24. The van der Waals surface area contributed by atoms with Crippen LogP contribution in [0.25, 0.3) is 0 Å². The van der Waals surface area contributed by atoms with Crippen molar-refractivity contribution in [2.75, 3.05) is 6.54 Å². The van der Waals surface area contributed by atoms with E-state index in [1.165, 1.54) is 0 Å². The Hall–Kier alpha value is -0.120. The molecule has 4 N–H and O–H groups in total. The third kappa shape index (κ3) is 1.18. The smallest absolute Gasteiger partial charge is 0.106 e. The molecule has 8 heavy (non-hydrogen) atoms. The van der Waals surface area contributed by atoms with Gasteiger partial charge in [0.15, 0.2) is 0 Å². The summed E-state index contributed by atoms with van der Waals surface area (Å²) in [5.41, 5.74) is 10.7. The average Bonchev–Trinajstić information content (AvgIpc) is 2.14. The van der Waals surface area contributed by atoms with Crippen LogP contribution < -0.4 is 11.5 Å². The summed E-state index contributed by atoms with van der Waals surface area (Å²) in [6, 6.07) is 0. The highest BCUT2D eigenvalue weighted by atomic mass is 16.5. The molecule has 0 aromatic rings. The Morgan fingerprint density at radius 3 is 2.50 bits per heavy atom. The topological polar surface area (TPSA) is 61.3 Å². The van der Waals surface area contributed by atoms with E-state index in [4.69, 9.17) is 16.2 Å². The van der Waals surface area contributed by atoms with Gasteiger partial charge in [-0.25, -0.2) is 0 Å². The second-order valence-corrected chi connectivity index (χ2v) is 2.11. The summed E-state index contributed by atoms with van der Waals surface area (Å²) in [6.45, 7) is 0.605. The SMILES string of the molecule is NCC1CCC(N)O1. The van der Waals surface area contributed by atoms with E-state index in [0.29, 0.717) is 6.54 Å². The molecule has 0 amide bonds. The van der Waals surface area contributed by atoms with E-state index >= 15 is 0 Å². The highest BCUT2D eigenvalue weighted by molar-refractivity contribution is 4.69. The van der Waals surface area contributed by atoms with Crippen molar-refractivity contribution in [3.8, 4) is 0 Å². The van der Waals surface area contributed by atoms with Crippen LogP contribution in [0.15, 0.2) is 0 Å². The summed E-state index contributed by atoms with van der Waals surface area (Å²) in [5, 5.41) is 0. The van der Waals surface area contributed by atoms with Gasteiger partial charge in [-0.15, -0.1) is 0 Å². The first-order valence-corrected chi connectivity index (χ1v) is 2.94. The van der Waals surface area contributed by atoms with Crippen LogP contribution in [0.5, 0.6) is 0 Å². The number of hydrogen-bond acceptors (Lipinski definition) is 3. The molecule has 0 aliphatic carbocycles. The molecule has 0 spiro atoms. The second-order valence-electron chi connectivity index (χ2n) is 2.11. The maximum atomic E-state index is 5.42. The Balaban J connectivity index is 2.22. The third-order valence-electron chi connectivity index (χ3n) is 1.40. The molecule has 1 aliphatic rings. The number of ether oxygens (including phenoxy) is 1. The summed E-state index contributed by atoms with van der Waals surface area (Å²) in [6.07, 6.45) is 2.16. The number of nitrogens with two attached hydrogens (primary N) is 2. The monoisotopic (exact) mass is 116 g/mol. The average molecular weight is 116 g/mol. The van der Waals surface area contributed by atoms with Crippen molar-refractivity contribution in [2.24, 2.45) is 11.5 Å². The van der Waals surface area contributed by atoms with E-state index in [1.54, 1.807) is 0 Å². The lowest BCUT2D eigenvalue weighted by atomic mass is 10.2. The largest absolute Gasteiger partial charge is 0.359 e. The lowest BCUT2D eigenvalue weighted by molar-refractivity contribution is 0.0543. The van der Waals surface area contributed by atoms with Gasteiger partial charge in [0.05, 0.1) is 6.10 Å². The van der Waals surface area contributed by atoms with Crippen molar-refractivity contribution in [1.29, 1.82) is 0 Å². The summed E-state index contributed by atoms with van der Waals surface area (Å²) < 4.78 is 5.16. The molecule has 0 aromatic heterocycles. The van der Waals surface area contributed by atoms with Gasteiger partial charge in [-0.3, -0.25) is 0 Å².